The number of hydrogen-bond acceptors (Lipinski definition) is 3. The van der Waals surface area contributed by atoms with Gasteiger partial charge in [-0.1, -0.05) is 23.7 Å². The van der Waals surface area contributed by atoms with Gasteiger partial charge in [-0.2, -0.15) is 0 Å². The summed E-state index contributed by atoms with van der Waals surface area (Å²) in [5.41, 5.74) is 0.852. The van der Waals surface area contributed by atoms with Crippen molar-refractivity contribution >= 4 is 29.5 Å². The molecule has 1 aromatic carbocycles. The topological polar surface area (TPSA) is 86.7 Å². The first kappa shape index (κ1) is 16.7. The van der Waals surface area contributed by atoms with Crippen LogP contribution in [0.2, 0.25) is 5.02 Å². The van der Waals surface area contributed by atoms with E-state index in [4.69, 9.17) is 16.7 Å². The third-order valence-electron chi connectivity index (χ3n) is 2.86. The summed E-state index contributed by atoms with van der Waals surface area (Å²) in [4.78, 5) is 34.8. The fourth-order valence-electron chi connectivity index (χ4n) is 1.52. The Hall–Kier alpha value is -2.34. The number of carboxylic acids is 1. The zero-order chi connectivity index (χ0) is 16.0. The predicted octanol–water partition coefficient (Wildman–Crippen LogP) is 2.21. The summed E-state index contributed by atoms with van der Waals surface area (Å²) in [6, 6.07) is 6.07. The summed E-state index contributed by atoms with van der Waals surface area (Å²) >= 11 is 5.79. The minimum absolute atomic E-state index is 0.279. The number of aliphatic carboxylic acids is 1. The molecule has 0 spiro atoms. The van der Waals surface area contributed by atoms with Crippen LogP contribution in [0.1, 0.15) is 18.5 Å². The zero-order valence-electron chi connectivity index (χ0n) is 11.5. The molecule has 0 bridgehead atoms. The van der Waals surface area contributed by atoms with Crippen LogP contribution in [0.15, 0.2) is 36.4 Å². The van der Waals surface area contributed by atoms with E-state index in [1.165, 1.54) is 11.9 Å². The summed E-state index contributed by atoms with van der Waals surface area (Å²) in [5.74, 6) is -2.06. The lowest BCUT2D eigenvalue weighted by Gasteiger charge is -2.25. The van der Waals surface area contributed by atoms with E-state index in [0.29, 0.717) is 11.1 Å². The molecule has 0 radical (unpaired) electrons. The molecule has 0 aromatic heterocycles. The van der Waals surface area contributed by atoms with Crippen LogP contribution in [-0.4, -0.2) is 35.0 Å². The molecule has 0 aliphatic carbocycles. The number of benzene rings is 1. The van der Waals surface area contributed by atoms with Crippen molar-refractivity contribution in [1.82, 2.24) is 10.2 Å². The maximum atomic E-state index is 11.9. The van der Waals surface area contributed by atoms with Crippen molar-refractivity contribution < 1.29 is 19.5 Å². The summed E-state index contributed by atoms with van der Waals surface area (Å²) in [7, 11) is 1.53. The third kappa shape index (κ3) is 5.27. The van der Waals surface area contributed by atoms with Gasteiger partial charge in [0.2, 0.25) is 0 Å². The van der Waals surface area contributed by atoms with Crippen molar-refractivity contribution in [3.63, 3.8) is 0 Å². The van der Waals surface area contributed by atoms with Crippen LogP contribution in [0.3, 0.4) is 0 Å². The van der Waals surface area contributed by atoms with Gasteiger partial charge in [-0.05, 0) is 24.6 Å². The van der Waals surface area contributed by atoms with Crippen LogP contribution >= 0.6 is 11.6 Å². The standard InChI is InChI=1S/C14H15ClN2O4/c1-9(10-3-5-11(15)6-4-10)17(2)14(21)16-12(18)7-8-13(19)20/h3-9H,1-2H3,(H,19,20)(H,16,18,21). The lowest BCUT2D eigenvalue weighted by Crippen LogP contribution is -2.41. The SMILES string of the molecule is CC(c1ccc(Cl)cc1)N(C)C(=O)NC(=O)C=CC(=O)O. The molecule has 1 aromatic rings. The van der Waals surface area contributed by atoms with Crippen molar-refractivity contribution in [2.45, 2.75) is 13.0 Å². The largest absolute Gasteiger partial charge is 0.478 e. The van der Waals surface area contributed by atoms with Gasteiger partial charge in [-0.15, -0.1) is 0 Å². The monoisotopic (exact) mass is 310 g/mol. The molecule has 1 unspecified atom stereocenters. The predicted molar refractivity (Wildman–Crippen MR) is 77.9 cm³/mol. The fraction of sp³-hybridized carbons (Fsp3) is 0.214. The first-order chi connectivity index (χ1) is 9.81. The molecule has 21 heavy (non-hydrogen) atoms. The molecule has 7 heteroatoms. The second-order valence-corrected chi connectivity index (χ2v) is 4.74. The van der Waals surface area contributed by atoms with Crippen molar-refractivity contribution in [2.24, 2.45) is 0 Å². The number of imide groups is 1. The highest BCUT2D eigenvalue weighted by Crippen LogP contribution is 2.20. The van der Waals surface area contributed by atoms with Crippen LogP contribution in [0, 0.1) is 0 Å². The summed E-state index contributed by atoms with van der Waals surface area (Å²) in [5, 5.41) is 11.1. The molecular formula is C14H15ClN2O4. The van der Waals surface area contributed by atoms with Crippen molar-refractivity contribution in [3.05, 3.63) is 47.0 Å². The normalized spacial score (nSPS) is 12.0. The van der Waals surface area contributed by atoms with Gasteiger partial charge < -0.3 is 10.0 Å². The molecule has 0 saturated heterocycles. The Kier molecular flexibility index (Phi) is 5.92. The lowest BCUT2D eigenvalue weighted by molar-refractivity contribution is -0.131. The van der Waals surface area contributed by atoms with Gasteiger partial charge in [0.1, 0.15) is 0 Å². The molecule has 112 valence electrons. The van der Waals surface area contributed by atoms with E-state index < -0.39 is 17.9 Å². The Labute approximate surface area is 127 Å². The first-order valence-corrected chi connectivity index (χ1v) is 6.43. The number of nitrogens with one attached hydrogen (secondary N) is 1. The molecule has 2 N–H and O–H groups in total. The smallest absolute Gasteiger partial charge is 0.328 e. The number of rotatable bonds is 4. The van der Waals surface area contributed by atoms with Crippen molar-refractivity contribution in [3.8, 4) is 0 Å². The molecule has 1 atom stereocenters. The van der Waals surface area contributed by atoms with Gasteiger partial charge in [0.25, 0.3) is 5.91 Å². The molecule has 0 saturated carbocycles. The van der Waals surface area contributed by atoms with E-state index in [2.05, 4.69) is 5.32 Å². The molecule has 0 fully saturated rings. The second kappa shape index (κ2) is 7.44. The zero-order valence-corrected chi connectivity index (χ0v) is 12.3. The number of carbonyl (C=O) groups is 3. The fourth-order valence-corrected chi connectivity index (χ4v) is 1.65. The summed E-state index contributed by atoms with van der Waals surface area (Å²) < 4.78 is 0. The van der Waals surface area contributed by atoms with E-state index in [1.807, 2.05) is 0 Å². The van der Waals surface area contributed by atoms with Gasteiger partial charge >= 0.3 is 12.0 Å². The van der Waals surface area contributed by atoms with Gasteiger partial charge in [-0.25, -0.2) is 9.59 Å². The van der Waals surface area contributed by atoms with Crippen LogP contribution in [0.5, 0.6) is 0 Å². The number of carbonyl (C=O) groups excluding carboxylic acids is 2. The average Bonchev–Trinajstić information content (AvgIpc) is 2.44. The molecule has 1 rings (SSSR count). The van der Waals surface area contributed by atoms with Crippen LogP contribution in [0.4, 0.5) is 4.79 Å². The second-order valence-electron chi connectivity index (χ2n) is 4.30. The number of nitrogens with zero attached hydrogens (tertiary/aromatic N) is 1. The minimum atomic E-state index is -1.26. The highest BCUT2D eigenvalue weighted by atomic mass is 35.5. The lowest BCUT2D eigenvalue weighted by atomic mass is 10.1. The Morgan fingerprint density at radius 3 is 2.33 bits per heavy atom. The van der Waals surface area contributed by atoms with E-state index in [-0.39, 0.29) is 6.04 Å². The molecular weight excluding hydrogens is 296 g/mol. The maximum absolute atomic E-state index is 11.9. The van der Waals surface area contributed by atoms with E-state index in [1.54, 1.807) is 31.2 Å². The highest BCUT2D eigenvalue weighted by Gasteiger charge is 2.18. The number of hydrogen-bond donors (Lipinski definition) is 2. The van der Waals surface area contributed by atoms with Gasteiger partial charge in [0.15, 0.2) is 0 Å². The maximum Gasteiger partial charge on any atom is 0.328 e. The Bertz CT molecular complexity index is 569. The minimum Gasteiger partial charge on any atom is -0.478 e. The van der Waals surface area contributed by atoms with Crippen LogP contribution < -0.4 is 5.32 Å². The summed E-state index contributed by atoms with van der Waals surface area (Å²) in [6.07, 6.45) is 1.44. The number of amides is 3. The molecule has 3 amide bonds. The molecule has 0 aliphatic heterocycles. The number of urea groups is 1. The van der Waals surface area contributed by atoms with E-state index >= 15 is 0 Å². The van der Waals surface area contributed by atoms with Crippen molar-refractivity contribution in [1.29, 1.82) is 0 Å². The number of carboxylic acid groups (broad SMARTS) is 1. The number of halogens is 1. The Balaban J connectivity index is 2.67. The van der Waals surface area contributed by atoms with Gasteiger partial charge in [0.05, 0.1) is 6.04 Å². The Morgan fingerprint density at radius 1 is 1.24 bits per heavy atom. The average molecular weight is 311 g/mol. The first-order valence-electron chi connectivity index (χ1n) is 6.05. The molecule has 6 nitrogen and oxygen atoms in total. The molecule has 0 heterocycles. The quantitative estimate of drug-likeness (QED) is 0.835. The van der Waals surface area contributed by atoms with Gasteiger partial charge in [0, 0.05) is 24.2 Å². The van der Waals surface area contributed by atoms with Crippen molar-refractivity contribution in [2.75, 3.05) is 7.05 Å². The van der Waals surface area contributed by atoms with Crippen LogP contribution in [0.25, 0.3) is 0 Å². The highest BCUT2D eigenvalue weighted by molar-refractivity contribution is 6.30. The summed E-state index contributed by atoms with van der Waals surface area (Å²) in [6.45, 7) is 1.79. The Morgan fingerprint density at radius 2 is 1.81 bits per heavy atom. The van der Waals surface area contributed by atoms with Gasteiger partial charge in [-0.3, -0.25) is 10.1 Å². The van der Waals surface area contributed by atoms with E-state index in [9.17, 15) is 14.4 Å². The molecule has 0 aliphatic rings. The third-order valence-corrected chi connectivity index (χ3v) is 3.11. The van der Waals surface area contributed by atoms with E-state index in [0.717, 1.165) is 11.6 Å². The van der Waals surface area contributed by atoms with Crippen LogP contribution in [-0.2, 0) is 9.59 Å².